The molecule has 0 aliphatic heterocycles. The highest BCUT2D eigenvalue weighted by Crippen LogP contribution is 2.18. The second-order valence-corrected chi connectivity index (χ2v) is 5.29. The van der Waals surface area contributed by atoms with E-state index in [0.29, 0.717) is 5.78 Å². The van der Waals surface area contributed by atoms with Crippen LogP contribution in [-0.2, 0) is 6.42 Å². The van der Waals surface area contributed by atoms with Crippen molar-refractivity contribution in [2.45, 2.75) is 13.3 Å². The molecule has 0 fully saturated rings. The van der Waals surface area contributed by atoms with Gasteiger partial charge in [0, 0.05) is 35.4 Å². The third-order valence-corrected chi connectivity index (χ3v) is 3.76. The summed E-state index contributed by atoms with van der Waals surface area (Å²) in [5, 5.41) is 8.90. The van der Waals surface area contributed by atoms with Gasteiger partial charge in [0.15, 0.2) is 0 Å². The zero-order valence-electron chi connectivity index (χ0n) is 12.2. The van der Waals surface area contributed by atoms with Crippen molar-refractivity contribution in [1.29, 1.82) is 0 Å². The van der Waals surface area contributed by atoms with Crippen LogP contribution in [0.2, 0.25) is 0 Å². The average Bonchev–Trinajstić information content (AvgIpc) is 3.14. The molecule has 6 heteroatoms. The third-order valence-electron chi connectivity index (χ3n) is 3.76. The minimum absolute atomic E-state index is 0.620. The number of aromatic nitrogens is 5. The van der Waals surface area contributed by atoms with Crippen molar-refractivity contribution in [3.63, 3.8) is 0 Å². The molecule has 0 saturated carbocycles. The molecule has 2 N–H and O–H groups in total. The van der Waals surface area contributed by atoms with Gasteiger partial charge in [-0.3, -0.25) is 0 Å². The van der Waals surface area contributed by atoms with Gasteiger partial charge in [-0.2, -0.15) is 14.6 Å². The van der Waals surface area contributed by atoms with Gasteiger partial charge in [0.05, 0.1) is 0 Å². The number of hydrogen-bond donors (Lipinski definition) is 2. The lowest BCUT2D eigenvalue weighted by atomic mass is 10.1. The number of aromatic amines is 1. The number of rotatable bonds is 4. The smallest absolute Gasteiger partial charge is 0.254 e. The molecule has 3 heterocycles. The lowest BCUT2D eigenvalue weighted by Crippen LogP contribution is -2.10. The highest BCUT2D eigenvalue weighted by Gasteiger charge is 2.06. The number of aryl methyl sites for hydroxylation is 1. The topological polar surface area (TPSA) is 70.9 Å². The second kappa shape index (κ2) is 5.14. The van der Waals surface area contributed by atoms with Crippen molar-refractivity contribution in [3.05, 3.63) is 54.1 Å². The molecule has 3 aromatic heterocycles. The van der Waals surface area contributed by atoms with E-state index in [2.05, 4.69) is 49.8 Å². The number of para-hydroxylation sites is 1. The number of H-pyrrole nitrogens is 1. The van der Waals surface area contributed by atoms with E-state index in [9.17, 15) is 0 Å². The minimum Gasteiger partial charge on any atom is -0.370 e. The number of nitrogens with one attached hydrogen (secondary N) is 2. The Morgan fingerprint density at radius 2 is 2.18 bits per heavy atom. The molecule has 0 bridgehead atoms. The zero-order chi connectivity index (χ0) is 14.9. The largest absolute Gasteiger partial charge is 0.370 e. The molecule has 110 valence electrons. The quantitative estimate of drug-likeness (QED) is 0.606. The van der Waals surface area contributed by atoms with Crippen molar-refractivity contribution < 1.29 is 0 Å². The average molecular weight is 292 g/mol. The first-order chi connectivity index (χ1) is 10.8. The van der Waals surface area contributed by atoms with Crippen LogP contribution in [-0.4, -0.2) is 31.1 Å². The summed E-state index contributed by atoms with van der Waals surface area (Å²) < 4.78 is 1.72. The van der Waals surface area contributed by atoms with Crippen molar-refractivity contribution in [3.8, 4) is 0 Å². The van der Waals surface area contributed by atoms with Crippen molar-refractivity contribution in [1.82, 2.24) is 24.6 Å². The Bertz CT molecular complexity index is 936. The van der Waals surface area contributed by atoms with E-state index in [1.807, 2.05) is 19.1 Å². The van der Waals surface area contributed by atoms with Crippen LogP contribution in [0.3, 0.4) is 0 Å². The van der Waals surface area contributed by atoms with Crippen molar-refractivity contribution in [2.24, 2.45) is 0 Å². The molecule has 0 radical (unpaired) electrons. The lowest BCUT2D eigenvalue weighted by Gasteiger charge is -2.08. The molecule has 6 nitrogen and oxygen atoms in total. The van der Waals surface area contributed by atoms with E-state index in [0.717, 1.165) is 24.5 Å². The maximum Gasteiger partial charge on any atom is 0.254 e. The fourth-order valence-electron chi connectivity index (χ4n) is 2.72. The number of hydrogen-bond acceptors (Lipinski definition) is 4. The molecule has 0 spiro atoms. The normalized spacial score (nSPS) is 11.3. The molecule has 0 atom stereocenters. The van der Waals surface area contributed by atoms with Crippen LogP contribution >= 0.6 is 0 Å². The number of nitrogens with zero attached hydrogens (tertiary/aromatic N) is 4. The van der Waals surface area contributed by atoms with Crippen LogP contribution in [0.4, 0.5) is 5.82 Å². The van der Waals surface area contributed by atoms with Gasteiger partial charge >= 0.3 is 0 Å². The van der Waals surface area contributed by atoms with Crippen molar-refractivity contribution >= 4 is 22.5 Å². The van der Waals surface area contributed by atoms with Gasteiger partial charge in [-0.05, 0) is 25.0 Å². The molecule has 0 unspecified atom stereocenters. The maximum atomic E-state index is 4.34. The van der Waals surface area contributed by atoms with E-state index >= 15 is 0 Å². The van der Waals surface area contributed by atoms with Gasteiger partial charge in [-0.15, -0.1) is 0 Å². The molecule has 4 rings (SSSR count). The molecule has 1 aromatic carbocycles. The van der Waals surface area contributed by atoms with Gasteiger partial charge in [0.2, 0.25) is 0 Å². The number of benzene rings is 1. The Hall–Kier alpha value is -2.89. The predicted octanol–water partition coefficient (Wildman–Crippen LogP) is 2.57. The monoisotopic (exact) mass is 292 g/mol. The summed E-state index contributed by atoms with van der Waals surface area (Å²) in [5.74, 6) is 1.54. The third kappa shape index (κ3) is 2.18. The highest BCUT2D eigenvalue weighted by atomic mass is 15.3. The Morgan fingerprint density at radius 3 is 3.14 bits per heavy atom. The molecule has 0 amide bonds. The van der Waals surface area contributed by atoms with E-state index in [1.165, 1.54) is 22.8 Å². The van der Waals surface area contributed by atoms with E-state index in [-0.39, 0.29) is 0 Å². The summed E-state index contributed by atoms with van der Waals surface area (Å²) in [4.78, 5) is 11.8. The maximum absolute atomic E-state index is 4.34. The van der Waals surface area contributed by atoms with Gasteiger partial charge < -0.3 is 10.3 Å². The summed E-state index contributed by atoms with van der Waals surface area (Å²) in [7, 11) is 0. The fraction of sp³-hybridized carbons (Fsp3) is 0.188. The van der Waals surface area contributed by atoms with Gasteiger partial charge in [-0.25, -0.2) is 4.98 Å². The molecule has 0 aliphatic carbocycles. The second-order valence-electron chi connectivity index (χ2n) is 5.29. The summed E-state index contributed by atoms with van der Waals surface area (Å²) >= 11 is 0. The van der Waals surface area contributed by atoms with Gasteiger partial charge in [0.25, 0.3) is 5.78 Å². The lowest BCUT2D eigenvalue weighted by molar-refractivity contribution is 0.907. The van der Waals surface area contributed by atoms with E-state index < -0.39 is 0 Å². The SMILES string of the molecule is Cc1cc(NCCc2c[nH]c3ccccc23)n2ncnc2n1. The Morgan fingerprint density at radius 1 is 1.27 bits per heavy atom. The molecule has 0 saturated heterocycles. The molecular weight excluding hydrogens is 276 g/mol. The summed E-state index contributed by atoms with van der Waals surface area (Å²) in [6, 6.07) is 10.3. The molecule has 4 aromatic rings. The first kappa shape index (κ1) is 12.8. The van der Waals surface area contributed by atoms with Crippen molar-refractivity contribution in [2.75, 3.05) is 11.9 Å². The number of fused-ring (bicyclic) bond motifs is 2. The Kier molecular flexibility index (Phi) is 3.00. The van der Waals surface area contributed by atoms with Crippen LogP contribution in [0.25, 0.3) is 16.7 Å². The molecular formula is C16H16N6. The van der Waals surface area contributed by atoms with Crippen LogP contribution in [0.5, 0.6) is 0 Å². The fourth-order valence-corrected chi connectivity index (χ4v) is 2.72. The Labute approximate surface area is 127 Å². The first-order valence-corrected chi connectivity index (χ1v) is 7.27. The van der Waals surface area contributed by atoms with Crippen LogP contribution < -0.4 is 5.32 Å². The van der Waals surface area contributed by atoms with Gasteiger partial charge in [0.1, 0.15) is 12.1 Å². The standard InChI is InChI=1S/C16H16N6/c1-11-8-15(22-16(21-11)19-10-20-22)17-7-6-12-9-18-14-5-3-2-4-13(12)14/h2-5,8-10,17-18H,6-7H2,1H3. The number of anilines is 1. The minimum atomic E-state index is 0.620. The van der Waals surface area contributed by atoms with Crippen LogP contribution in [0.15, 0.2) is 42.9 Å². The predicted molar refractivity (Wildman–Crippen MR) is 86.0 cm³/mol. The van der Waals surface area contributed by atoms with E-state index in [1.54, 1.807) is 4.52 Å². The molecule has 22 heavy (non-hydrogen) atoms. The van der Waals surface area contributed by atoms with Crippen LogP contribution in [0, 0.1) is 6.92 Å². The summed E-state index contributed by atoms with van der Waals surface area (Å²) in [6.45, 7) is 2.78. The Balaban J connectivity index is 1.54. The highest BCUT2D eigenvalue weighted by molar-refractivity contribution is 5.83. The zero-order valence-corrected chi connectivity index (χ0v) is 12.2. The summed E-state index contributed by atoms with van der Waals surface area (Å²) in [5.41, 5.74) is 3.41. The first-order valence-electron chi connectivity index (χ1n) is 7.27. The van der Waals surface area contributed by atoms with Crippen LogP contribution in [0.1, 0.15) is 11.3 Å². The van der Waals surface area contributed by atoms with Gasteiger partial charge in [-0.1, -0.05) is 18.2 Å². The molecule has 0 aliphatic rings. The summed E-state index contributed by atoms with van der Waals surface area (Å²) in [6.07, 6.45) is 4.53. The van der Waals surface area contributed by atoms with E-state index in [4.69, 9.17) is 0 Å².